The molecular weight excluding hydrogens is 359 g/mol. The van der Waals surface area contributed by atoms with Crippen molar-refractivity contribution in [1.82, 2.24) is 0 Å². The van der Waals surface area contributed by atoms with Crippen LogP contribution in [0.5, 0.6) is 11.5 Å². The highest BCUT2D eigenvalue weighted by atomic mass is 127. The molecule has 1 heterocycles. The summed E-state index contributed by atoms with van der Waals surface area (Å²) >= 11 is 2.23. The summed E-state index contributed by atoms with van der Waals surface area (Å²) in [6, 6.07) is 7.92. The number of fused-ring (bicyclic) bond motifs is 3. The fourth-order valence-electron chi connectivity index (χ4n) is 2.05. The minimum atomic E-state index is -0.276. The molecule has 0 amide bonds. The van der Waals surface area contributed by atoms with Gasteiger partial charge < -0.3 is 14.2 Å². The van der Waals surface area contributed by atoms with Gasteiger partial charge in [0.25, 0.3) is 0 Å². The van der Waals surface area contributed by atoms with Crippen LogP contribution in [0.15, 0.2) is 24.3 Å². The van der Waals surface area contributed by atoms with E-state index in [2.05, 4.69) is 22.6 Å². The first-order chi connectivity index (χ1) is 9.15. The summed E-state index contributed by atoms with van der Waals surface area (Å²) in [6.07, 6.45) is 0. The molecule has 0 aromatic heterocycles. The van der Waals surface area contributed by atoms with Crippen molar-refractivity contribution in [2.24, 2.45) is 0 Å². The molecule has 0 unspecified atom stereocenters. The van der Waals surface area contributed by atoms with E-state index in [-0.39, 0.29) is 19.4 Å². The highest BCUT2D eigenvalue weighted by Crippen LogP contribution is 2.40. The Balaban J connectivity index is 2.06. The predicted molar refractivity (Wildman–Crippen MR) is 78.3 cm³/mol. The molecule has 2 aromatic rings. The fraction of sp³-hybridized carbons (Fsp3) is 0.214. The molecule has 0 N–H and O–H groups in total. The lowest BCUT2D eigenvalue weighted by molar-refractivity contribution is -0.142. The lowest BCUT2D eigenvalue weighted by Crippen LogP contribution is -2.00. The Kier molecular flexibility index (Phi) is 3.22. The van der Waals surface area contributed by atoms with E-state index in [0.717, 1.165) is 31.4 Å². The zero-order valence-corrected chi connectivity index (χ0v) is 12.4. The third-order valence-electron chi connectivity index (χ3n) is 2.95. The van der Waals surface area contributed by atoms with E-state index in [4.69, 9.17) is 14.2 Å². The Labute approximate surface area is 123 Å². The summed E-state index contributed by atoms with van der Waals surface area (Å²) in [5, 5.41) is 2.07. The second-order valence-electron chi connectivity index (χ2n) is 4.24. The van der Waals surface area contributed by atoms with Crippen LogP contribution in [0.3, 0.4) is 0 Å². The van der Waals surface area contributed by atoms with Gasteiger partial charge in [0.05, 0.1) is 0 Å². The highest BCUT2D eigenvalue weighted by Gasteiger charge is 2.17. The van der Waals surface area contributed by atoms with Gasteiger partial charge in [-0.2, -0.15) is 0 Å². The van der Waals surface area contributed by atoms with E-state index in [1.54, 1.807) is 0 Å². The van der Waals surface area contributed by atoms with Crippen molar-refractivity contribution in [2.45, 2.75) is 13.5 Å². The maximum atomic E-state index is 10.9. The number of hydrogen-bond donors (Lipinski definition) is 0. The Morgan fingerprint density at radius 2 is 2.21 bits per heavy atom. The number of hydrogen-bond acceptors (Lipinski definition) is 4. The van der Waals surface area contributed by atoms with Crippen LogP contribution in [-0.2, 0) is 16.1 Å². The van der Waals surface area contributed by atoms with Gasteiger partial charge >= 0.3 is 5.97 Å². The minimum absolute atomic E-state index is 0.264. The summed E-state index contributed by atoms with van der Waals surface area (Å²) in [6.45, 7) is 1.96. The van der Waals surface area contributed by atoms with Crippen LogP contribution in [0, 0.1) is 3.57 Å². The topological polar surface area (TPSA) is 44.8 Å². The minimum Gasteiger partial charge on any atom is -0.461 e. The van der Waals surface area contributed by atoms with E-state index >= 15 is 0 Å². The normalized spacial score (nSPS) is 12.7. The highest BCUT2D eigenvalue weighted by molar-refractivity contribution is 14.1. The molecule has 0 fully saturated rings. The first-order valence-electron chi connectivity index (χ1n) is 5.79. The quantitative estimate of drug-likeness (QED) is 0.602. The van der Waals surface area contributed by atoms with Crippen molar-refractivity contribution in [3.63, 3.8) is 0 Å². The molecule has 0 saturated heterocycles. The second kappa shape index (κ2) is 4.88. The smallest absolute Gasteiger partial charge is 0.302 e. The van der Waals surface area contributed by atoms with Gasteiger partial charge in [-0.25, -0.2) is 0 Å². The van der Waals surface area contributed by atoms with E-state index in [0.29, 0.717) is 0 Å². The SMILES string of the molecule is CC(=O)OCc1cc2ccc3c(c2cc1I)OCO3. The molecule has 98 valence electrons. The van der Waals surface area contributed by atoms with Crippen LogP contribution in [0.1, 0.15) is 12.5 Å². The first kappa shape index (κ1) is 12.5. The summed E-state index contributed by atoms with van der Waals surface area (Å²) in [5.74, 6) is 1.28. The van der Waals surface area contributed by atoms with E-state index in [1.165, 1.54) is 6.92 Å². The lowest BCUT2D eigenvalue weighted by Gasteiger charge is -2.09. The van der Waals surface area contributed by atoms with Gasteiger partial charge in [0, 0.05) is 21.4 Å². The fourth-order valence-corrected chi connectivity index (χ4v) is 2.67. The molecule has 19 heavy (non-hydrogen) atoms. The van der Waals surface area contributed by atoms with Gasteiger partial charge in [-0.1, -0.05) is 6.07 Å². The van der Waals surface area contributed by atoms with E-state index < -0.39 is 0 Å². The third-order valence-corrected chi connectivity index (χ3v) is 3.95. The molecule has 5 heteroatoms. The van der Waals surface area contributed by atoms with E-state index in [1.807, 2.05) is 24.3 Å². The zero-order chi connectivity index (χ0) is 13.4. The van der Waals surface area contributed by atoms with Gasteiger partial charge in [-0.15, -0.1) is 0 Å². The van der Waals surface area contributed by atoms with Gasteiger partial charge in [0.2, 0.25) is 6.79 Å². The Morgan fingerprint density at radius 1 is 1.37 bits per heavy atom. The number of esters is 1. The lowest BCUT2D eigenvalue weighted by atomic mass is 10.1. The van der Waals surface area contributed by atoms with Crippen LogP contribution in [-0.4, -0.2) is 12.8 Å². The molecule has 0 saturated carbocycles. The van der Waals surface area contributed by atoms with Gasteiger partial charge in [-0.3, -0.25) is 4.79 Å². The van der Waals surface area contributed by atoms with Gasteiger partial charge in [0.15, 0.2) is 11.5 Å². The van der Waals surface area contributed by atoms with Crippen molar-refractivity contribution in [2.75, 3.05) is 6.79 Å². The maximum absolute atomic E-state index is 10.9. The molecule has 0 radical (unpaired) electrons. The Morgan fingerprint density at radius 3 is 3.00 bits per heavy atom. The van der Waals surface area contributed by atoms with Crippen molar-refractivity contribution >= 4 is 39.3 Å². The average Bonchev–Trinajstić information content (AvgIpc) is 2.85. The molecule has 2 aromatic carbocycles. The Hall–Kier alpha value is -1.50. The number of carbonyl (C=O) groups is 1. The number of halogens is 1. The summed E-state index contributed by atoms with van der Waals surface area (Å²) in [7, 11) is 0. The molecule has 0 atom stereocenters. The van der Waals surface area contributed by atoms with Crippen LogP contribution in [0.25, 0.3) is 10.8 Å². The summed E-state index contributed by atoms with van der Waals surface area (Å²) < 4.78 is 16.9. The Bertz CT molecular complexity index is 666. The van der Waals surface area contributed by atoms with Crippen molar-refractivity contribution in [1.29, 1.82) is 0 Å². The van der Waals surface area contributed by atoms with E-state index in [9.17, 15) is 4.79 Å². The molecule has 1 aliphatic rings. The summed E-state index contributed by atoms with van der Waals surface area (Å²) in [5.41, 5.74) is 0.988. The third kappa shape index (κ3) is 2.34. The molecule has 4 nitrogen and oxygen atoms in total. The molecule has 3 rings (SSSR count). The average molecular weight is 370 g/mol. The molecule has 0 aliphatic carbocycles. The maximum Gasteiger partial charge on any atom is 0.302 e. The molecule has 1 aliphatic heterocycles. The van der Waals surface area contributed by atoms with Crippen molar-refractivity contribution in [3.05, 3.63) is 33.4 Å². The predicted octanol–water partition coefficient (Wildman–Crippen LogP) is 3.24. The van der Waals surface area contributed by atoms with Crippen LogP contribution >= 0.6 is 22.6 Å². The van der Waals surface area contributed by atoms with Crippen molar-refractivity contribution < 1.29 is 19.0 Å². The van der Waals surface area contributed by atoms with Crippen LogP contribution in [0.2, 0.25) is 0 Å². The number of benzene rings is 2. The standard InChI is InChI=1S/C14H11IO4/c1-8(16)17-6-10-4-9-2-3-13-14(19-7-18-13)11(9)5-12(10)15/h2-5H,6-7H2,1H3. The molecular formula is C14H11IO4. The monoisotopic (exact) mass is 370 g/mol. The number of rotatable bonds is 2. The number of ether oxygens (including phenoxy) is 3. The van der Waals surface area contributed by atoms with Crippen LogP contribution in [0.4, 0.5) is 0 Å². The zero-order valence-electron chi connectivity index (χ0n) is 10.2. The largest absolute Gasteiger partial charge is 0.461 e. The van der Waals surface area contributed by atoms with Gasteiger partial charge in [0.1, 0.15) is 6.61 Å². The van der Waals surface area contributed by atoms with Crippen molar-refractivity contribution in [3.8, 4) is 11.5 Å². The van der Waals surface area contributed by atoms with Crippen LogP contribution < -0.4 is 9.47 Å². The second-order valence-corrected chi connectivity index (χ2v) is 5.41. The van der Waals surface area contributed by atoms with Gasteiger partial charge in [-0.05, 0) is 46.2 Å². The first-order valence-corrected chi connectivity index (χ1v) is 6.87. The molecule has 0 bridgehead atoms. The number of carbonyl (C=O) groups excluding carboxylic acids is 1. The summed E-state index contributed by atoms with van der Waals surface area (Å²) in [4.78, 5) is 10.9. The molecule has 0 spiro atoms.